The van der Waals surface area contributed by atoms with Crippen LogP contribution in [0.4, 0.5) is 0 Å². The maximum Gasteiger partial charge on any atom is 0.349 e. The van der Waals surface area contributed by atoms with Gasteiger partial charge in [-0.25, -0.2) is 4.79 Å². The van der Waals surface area contributed by atoms with E-state index < -0.39 is 12.1 Å². The maximum atomic E-state index is 13.0. The Morgan fingerprint density at radius 2 is 1.50 bits per heavy atom. The van der Waals surface area contributed by atoms with Gasteiger partial charge in [0.05, 0.1) is 7.11 Å². The van der Waals surface area contributed by atoms with Crippen molar-refractivity contribution in [3.05, 3.63) is 107 Å². The Hall–Kier alpha value is -4.17. The topological polar surface area (TPSA) is 76.4 Å². The van der Waals surface area contributed by atoms with E-state index in [1.165, 1.54) is 6.08 Å². The van der Waals surface area contributed by atoms with Crippen LogP contribution >= 0.6 is 0 Å². The quantitative estimate of drug-likeness (QED) is 0.248. The van der Waals surface area contributed by atoms with Crippen LogP contribution < -0.4 is 4.74 Å². The Morgan fingerprint density at radius 1 is 0.900 bits per heavy atom. The molecule has 0 N–H and O–H groups in total. The van der Waals surface area contributed by atoms with Crippen LogP contribution in [0.2, 0.25) is 0 Å². The molecule has 5 heteroatoms. The fourth-order valence-corrected chi connectivity index (χ4v) is 2.83. The van der Waals surface area contributed by atoms with Crippen molar-refractivity contribution >= 4 is 17.8 Å². The standard InChI is InChI=1S/C25H19NO4/c1-29-22-14-12-18(13-15-22)16-21(17-26)25(28)30-24(20-10-6-3-7-11-20)23(27)19-8-4-2-5-9-19/h2-16,24H,1H3/b21-16+/t24-/m1/s1. The largest absolute Gasteiger partial charge is 0.497 e. The number of ketones is 1. The van der Waals surface area contributed by atoms with Crippen LogP contribution in [0.1, 0.15) is 27.6 Å². The van der Waals surface area contributed by atoms with Crippen molar-refractivity contribution in [1.29, 1.82) is 5.26 Å². The van der Waals surface area contributed by atoms with Gasteiger partial charge in [-0.3, -0.25) is 4.79 Å². The van der Waals surface area contributed by atoms with Gasteiger partial charge in [0, 0.05) is 11.1 Å². The lowest BCUT2D eigenvalue weighted by molar-refractivity contribution is -0.142. The van der Waals surface area contributed by atoms with E-state index in [9.17, 15) is 14.9 Å². The third-order valence-electron chi connectivity index (χ3n) is 4.39. The summed E-state index contributed by atoms with van der Waals surface area (Å²) in [7, 11) is 1.55. The molecule has 0 bridgehead atoms. The molecule has 0 fully saturated rings. The molecule has 0 amide bonds. The normalized spacial score (nSPS) is 11.8. The molecule has 30 heavy (non-hydrogen) atoms. The van der Waals surface area contributed by atoms with Crippen molar-refractivity contribution in [2.45, 2.75) is 6.10 Å². The Kier molecular flexibility index (Phi) is 6.75. The Bertz CT molecular complexity index is 1080. The lowest BCUT2D eigenvalue weighted by Crippen LogP contribution is -2.21. The number of rotatable bonds is 7. The van der Waals surface area contributed by atoms with E-state index >= 15 is 0 Å². The number of ether oxygens (including phenoxy) is 2. The molecular formula is C25H19NO4. The van der Waals surface area contributed by atoms with Gasteiger partial charge in [0.2, 0.25) is 5.78 Å². The molecule has 1 atom stereocenters. The van der Waals surface area contributed by atoms with E-state index in [0.717, 1.165) is 0 Å². The number of Topliss-reactive ketones (excluding diaryl/α,β-unsaturated/α-hetero) is 1. The number of esters is 1. The molecule has 3 rings (SSSR count). The molecule has 0 aliphatic carbocycles. The SMILES string of the molecule is COc1ccc(/C=C(\C#N)C(=O)O[C@@H](C(=O)c2ccccc2)c2ccccc2)cc1. The van der Waals surface area contributed by atoms with Crippen molar-refractivity contribution in [2.75, 3.05) is 7.11 Å². The highest BCUT2D eigenvalue weighted by molar-refractivity contribution is 6.03. The Balaban J connectivity index is 1.89. The molecule has 0 spiro atoms. The molecule has 148 valence electrons. The minimum atomic E-state index is -1.16. The van der Waals surface area contributed by atoms with E-state index in [0.29, 0.717) is 22.4 Å². The van der Waals surface area contributed by atoms with Gasteiger partial charge >= 0.3 is 5.97 Å². The number of carbonyl (C=O) groups is 2. The highest BCUT2D eigenvalue weighted by Gasteiger charge is 2.27. The van der Waals surface area contributed by atoms with Crippen molar-refractivity contribution < 1.29 is 19.1 Å². The lowest BCUT2D eigenvalue weighted by atomic mass is 9.99. The number of methoxy groups -OCH3 is 1. The molecule has 0 unspecified atom stereocenters. The molecule has 3 aromatic rings. The molecule has 3 aromatic carbocycles. The fourth-order valence-electron chi connectivity index (χ4n) is 2.83. The highest BCUT2D eigenvalue weighted by Crippen LogP contribution is 2.24. The van der Waals surface area contributed by atoms with Crippen molar-refractivity contribution in [2.24, 2.45) is 0 Å². The second kappa shape index (κ2) is 9.85. The van der Waals surface area contributed by atoms with Crippen LogP contribution in [0.5, 0.6) is 5.75 Å². The first kappa shape index (κ1) is 20.6. The zero-order valence-electron chi connectivity index (χ0n) is 16.3. The number of benzene rings is 3. The molecule has 0 saturated carbocycles. The summed E-state index contributed by atoms with van der Waals surface area (Å²) in [5, 5.41) is 9.47. The van der Waals surface area contributed by atoms with Crippen molar-refractivity contribution in [3.63, 3.8) is 0 Å². The van der Waals surface area contributed by atoms with E-state index in [1.54, 1.807) is 92.0 Å². The van der Waals surface area contributed by atoms with Gasteiger partial charge in [0.25, 0.3) is 0 Å². The predicted molar refractivity (Wildman–Crippen MR) is 113 cm³/mol. The molecule has 0 saturated heterocycles. The zero-order chi connectivity index (χ0) is 21.3. The summed E-state index contributed by atoms with van der Waals surface area (Å²) < 4.78 is 10.6. The third kappa shape index (κ3) is 5.00. The first-order chi connectivity index (χ1) is 14.6. The van der Waals surface area contributed by atoms with Crippen molar-refractivity contribution in [3.8, 4) is 11.8 Å². The van der Waals surface area contributed by atoms with Crippen molar-refractivity contribution in [1.82, 2.24) is 0 Å². The van der Waals surface area contributed by atoms with Crippen LogP contribution in [0, 0.1) is 11.3 Å². The molecule has 0 aliphatic rings. The van der Waals surface area contributed by atoms with Crippen LogP contribution in [-0.2, 0) is 9.53 Å². The van der Waals surface area contributed by atoms with Gasteiger partial charge < -0.3 is 9.47 Å². The second-order valence-corrected chi connectivity index (χ2v) is 6.37. The summed E-state index contributed by atoms with van der Waals surface area (Å²) in [4.78, 5) is 25.8. The number of hydrogen-bond acceptors (Lipinski definition) is 5. The first-order valence-electron chi connectivity index (χ1n) is 9.23. The van der Waals surface area contributed by atoms with E-state index in [2.05, 4.69) is 0 Å². The van der Waals surface area contributed by atoms with E-state index in [1.807, 2.05) is 6.07 Å². The summed E-state index contributed by atoms with van der Waals surface area (Å²) >= 11 is 0. The summed E-state index contributed by atoms with van der Waals surface area (Å²) in [6.45, 7) is 0. The summed E-state index contributed by atoms with van der Waals surface area (Å²) in [5.41, 5.74) is 1.37. The minimum Gasteiger partial charge on any atom is -0.497 e. The molecule has 5 nitrogen and oxygen atoms in total. The molecule has 0 aliphatic heterocycles. The molecule has 0 heterocycles. The minimum absolute atomic E-state index is 0.207. The van der Waals surface area contributed by atoms with Crippen LogP contribution in [0.25, 0.3) is 6.08 Å². The average molecular weight is 397 g/mol. The van der Waals surface area contributed by atoms with Crippen LogP contribution in [0.15, 0.2) is 90.5 Å². The highest BCUT2D eigenvalue weighted by atomic mass is 16.5. The second-order valence-electron chi connectivity index (χ2n) is 6.37. The molecular weight excluding hydrogens is 378 g/mol. The fraction of sp³-hybridized carbons (Fsp3) is 0.0800. The summed E-state index contributed by atoms with van der Waals surface area (Å²) in [5.74, 6) is -0.575. The van der Waals surface area contributed by atoms with E-state index in [4.69, 9.17) is 9.47 Å². The Morgan fingerprint density at radius 3 is 2.07 bits per heavy atom. The first-order valence-corrected chi connectivity index (χ1v) is 9.23. The number of carbonyl (C=O) groups excluding carboxylic acids is 2. The van der Waals surface area contributed by atoms with Gasteiger partial charge in [-0.05, 0) is 23.8 Å². The van der Waals surface area contributed by atoms with Gasteiger partial charge in [-0.15, -0.1) is 0 Å². The zero-order valence-corrected chi connectivity index (χ0v) is 16.3. The number of nitrogens with zero attached hydrogens (tertiary/aromatic N) is 1. The Labute approximate surface area is 174 Å². The average Bonchev–Trinajstić information content (AvgIpc) is 2.82. The van der Waals surface area contributed by atoms with Crippen LogP contribution in [-0.4, -0.2) is 18.9 Å². The van der Waals surface area contributed by atoms with Crippen LogP contribution in [0.3, 0.4) is 0 Å². The third-order valence-corrected chi connectivity index (χ3v) is 4.39. The summed E-state index contributed by atoms with van der Waals surface area (Å²) in [6.07, 6.45) is 0.255. The van der Waals surface area contributed by atoms with Gasteiger partial charge in [0.1, 0.15) is 17.4 Å². The van der Waals surface area contributed by atoms with Gasteiger partial charge in [-0.2, -0.15) is 5.26 Å². The van der Waals surface area contributed by atoms with Gasteiger partial charge in [-0.1, -0.05) is 72.8 Å². The molecule has 0 radical (unpaired) electrons. The number of hydrogen-bond donors (Lipinski definition) is 0. The molecule has 0 aromatic heterocycles. The lowest BCUT2D eigenvalue weighted by Gasteiger charge is -2.17. The van der Waals surface area contributed by atoms with Gasteiger partial charge in [0.15, 0.2) is 6.10 Å². The smallest absolute Gasteiger partial charge is 0.349 e. The van der Waals surface area contributed by atoms with E-state index in [-0.39, 0.29) is 11.4 Å². The maximum absolute atomic E-state index is 13.0. The number of nitriles is 1. The summed E-state index contributed by atoms with van der Waals surface area (Å²) in [6, 6.07) is 26.0. The monoisotopic (exact) mass is 397 g/mol. The predicted octanol–water partition coefficient (Wildman–Crippen LogP) is 4.77.